The smallest absolute Gasteiger partial charge is 0.178 e. The van der Waals surface area contributed by atoms with E-state index in [2.05, 4.69) is 10.4 Å². The highest BCUT2D eigenvalue weighted by Crippen LogP contribution is 2.16. The number of hydrogen-bond acceptors (Lipinski definition) is 5. The van der Waals surface area contributed by atoms with E-state index in [0.29, 0.717) is 11.3 Å². The van der Waals surface area contributed by atoms with Gasteiger partial charge in [0.25, 0.3) is 0 Å². The second-order valence-corrected chi connectivity index (χ2v) is 6.66. The fourth-order valence-electron chi connectivity index (χ4n) is 1.98. The molecule has 1 N–H and O–H groups in total. The number of morpholine rings is 1. The molecule has 1 fully saturated rings. The molecule has 106 valence electrons. The quantitative estimate of drug-likeness (QED) is 0.888. The van der Waals surface area contributed by atoms with Crippen molar-refractivity contribution in [1.29, 1.82) is 0 Å². The molecule has 0 bridgehead atoms. The van der Waals surface area contributed by atoms with Gasteiger partial charge < -0.3 is 10.2 Å². The van der Waals surface area contributed by atoms with Crippen LogP contribution in [-0.4, -0.2) is 45.5 Å². The number of hydrogen-bond donors (Lipinski definition) is 1. The maximum atomic E-state index is 11.9. The minimum absolute atomic E-state index is 0.198. The summed E-state index contributed by atoms with van der Waals surface area (Å²) in [7, 11) is -3.12. The van der Waals surface area contributed by atoms with Crippen LogP contribution in [0.1, 0.15) is 13.3 Å². The van der Waals surface area contributed by atoms with Crippen LogP contribution in [0.5, 0.6) is 0 Å². The molecule has 6 heteroatoms. The van der Waals surface area contributed by atoms with Gasteiger partial charge in [-0.1, -0.05) is 6.92 Å². The number of hydrazine groups is 1. The average Bonchev–Trinajstić information content (AvgIpc) is 2.40. The Kier molecular flexibility index (Phi) is 4.79. The fraction of sp³-hybridized carbons (Fsp3) is 0.538. The van der Waals surface area contributed by atoms with Crippen LogP contribution >= 0.6 is 0 Å². The van der Waals surface area contributed by atoms with E-state index in [1.54, 1.807) is 24.3 Å². The van der Waals surface area contributed by atoms with E-state index in [-0.39, 0.29) is 5.75 Å². The molecule has 0 saturated carbocycles. The molecule has 1 aliphatic heterocycles. The van der Waals surface area contributed by atoms with Crippen molar-refractivity contribution in [3.8, 4) is 0 Å². The Hall–Kier alpha value is -1.11. The van der Waals surface area contributed by atoms with Crippen LogP contribution in [0, 0.1) is 0 Å². The van der Waals surface area contributed by atoms with E-state index in [1.165, 1.54) is 0 Å². The van der Waals surface area contributed by atoms with E-state index >= 15 is 0 Å². The maximum absolute atomic E-state index is 11.9. The van der Waals surface area contributed by atoms with Crippen molar-refractivity contribution < 1.29 is 13.2 Å². The van der Waals surface area contributed by atoms with Gasteiger partial charge in [-0.3, -0.25) is 0 Å². The van der Waals surface area contributed by atoms with Gasteiger partial charge in [0.1, 0.15) is 0 Å². The fourth-order valence-corrected chi connectivity index (χ4v) is 3.31. The van der Waals surface area contributed by atoms with Gasteiger partial charge in [-0.2, -0.15) is 0 Å². The van der Waals surface area contributed by atoms with Gasteiger partial charge in [0.2, 0.25) is 0 Å². The zero-order valence-corrected chi connectivity index (χ0v) is 11.9. The molecule has 1 aromatic rings. The minimum Gasteiger partial charge on any atom is -0.379 e. The number of anilines is 1. The first-order valence-corrected chi connectivity index (χ1v) is 8.19. The molecule has 1 heterocycles. The zero-order chi connectivity index (χ0) is 13.7. The van der Waals surface area contributed by atoms with E-state index in [4.69, 9.17) is 4.74 Å². The van der Waals surface area contributed by atoms with Gasteiger partial charge in [-0.25, -0.2) is 13.4 Å². The van der Waals surface area contributed by atoms with Crippen LogP contribution < -0.4 is 5.43 Å². The molecule has 5 nitrogen and oxygen atoms in total. The summed E-state index contributed by atoms with van der Waals surface area (Å²) in [6.45, 7) is 4.96. The van der Waals surface area contributed by atoms with E-state index < -0.39 is 9.84 Å². The topological polar surface area (TPSA) is 58.6 Å². The molecule has 0 atom stereocenters. The summed E-state index contributed by atoms with van der Waals surface area (Å²) in [4.78, 5) is 0.391. The summed E-state index contributed by atoms with van der Waals surface area (Å²) in [5.41, 5.74) is 4.15. The lowest BCUT2D eigenvalue weighted by molar-refractivity contribution is 0.0497. The van der Waals surface area contributed by atoms with Gasteiger partial charge in [-0.05, 0) is 30.7 Å². The van der Waals surface area contributed by atoms with Gasteiger partial charge >= 0.3 is 0 Å². The van der Waals surface area contributed by atoms with Crippen molar-refractivity contribution in [2.45, 2.75) is 18.2 Å². The lowest BCUT2D eigenvalue weighted by atomic mass is 10.3. The molecule has 0 aromatic heterocycles. The number of ether oxygens (including phenoxy) is 1. The highest BCUT2D eigenvalue weighted by Gasteiger charge is 2.13. The Bertz CT molecular complexity index is 493. The molecule has 19 heavy (non-hydrogen) atoms. The van der Waals surface area contributed by atoms with Crippen LogP contribution in [0.3, 0.4) is 0 Å². The SMILES string of the molecule is CCCS(=O)(=O)c1ccc(NN2CCOCC2)cc1. The summed E-state index contributed by atoms with van der Waals surface area (Å²) >= 11 is 0. The third-order valence-electron chi connectivity index (χ3n) is 2.98. The summed E-state index contributed by atoms with van der Waals surface area (Å²) in [5.74, 6) is 0.198. The monoisotopic (exact) mass is 284 g/mol. The number of benzene rings is 1. The molecule has 0 spiro atoms. The highest BCUT2D eigenvalue weighted by molar-refractivity contribution is 7.91. The van der Waals surface area contributed by atoms with E-state index in [0.717, 1.165) is 32.0 Å². The minimum atomic E-state index is -3.12. The van der Waals surface area contributed by atoms with Crippen LogP contribution in [-0.2, 0) is 14.6 Å². The Morgan fingerprint density at radius 3 is 2.42 bits per heavy atom. The zero-order valence-electron chi connectivity index (χ0n) is 11.1. The molecule has 1 aliphatic rings. The van der Waals surface area contributed by atoms with Gasteiger partial charge in [0.05, 0.1) is 23.9 Å². The number of nitrogens with one attached hydrogen (secondary N) is 1. The van der Waals surface area contributed by atoms with Crippen molar-refractivity contribution in [3.05, 3.63) is 24.3 Å². The summed E-state index contributed by atoms with van der Waals surface area (Å²) in [6, 6.07) is 6.93. The first-order valence-electron chi connectivity index (χ1n) is 6.54. The van der Waals surface area contributed by atoms with Crippen LogP contribution in [0.25, 0.3) is 0 Å². The number of nitrogens with zero attached hydrogens (tertiary/aromatic N) is 1. The summed E-state index contributed by atoms with van der Waals surface area (Å²) in [5, 5.41) is 2.07. The predicted octanol–water partition coefficient (Wildman–Crippen LogP) is 1.53. The van der Waals surface area contributed by atoms with Crippen molar-refractivity contribution in [3.63, 3.8) is 0 Å². The second-order valence-electron chi connectivity index (χ2n) is 4.55. The summed E-state index contributed by atoms with van der Waals surface area (Å²) < 4.78 is 29.0. The van der Waals surface area contributed by atoms with E-state index in [1.807, 2.05) is 6.92 Å². The van der Waals surface area contributed by atoms with Crippen LogP contribution in [0.4, 0.5) is 5.69 Å². The van der Waals surface area contributed by atoms with Crippen LogP contribution in [0.2, 0.25) is 0 Å². The van der Waals surface area contributed by atoms with Gasteiger partial charge in [0, 0.05) is 18.8 Å². The molecular weight excluding hydrogens is 264 g/mol. The Morgan fingerprint density at radius 2 is 1.84 bits per heavy atom. The standard InChI is InChI=1S/C13H20N2O3S/c1-2-11-19(16,17)13-5-3-12(4-6-13)14-15-7-9-18-10-8-15/h3-6,14H,2,7-11H2,1H3. The summed E-state index contributed by atoms with van der Waals surface area (Å²) in [6.07, 6.45) is 0.635. The Morgan fingerprint density at radius 1 is 1.21 bits per heavy atom. The Labute approximate surface area is 114 Å². The molecule has 2 rings (SSSR count). The first-order chi connectivity index (χ1) is 9.12. The maximum Gasteiger partial charge on any atom is 0.178 e. The largest absolute Gasteiger partial charge is 0.379 e. The van der Waals surface area contributed by atoms with Crippen molar-refractivity contribution >= 4 is 15.5 Å². The molecular formula is C13H20N2O3S. The first kappa shape index (κ1) is 14.3. The van der Waals surface area contributed by atoms with Crippen molar-refractivity contribution in [2.24, 2.45) is 0 Å². The third-order valence-corrected chi connectivity index (χ3v) is 4.92. The predicted molar refractivity (Wildman–Crippen MR) is 74.8 cm³/mol. The number of sulfone groups is 1. The Balaban J connectivity index is 2.01. The molecule has 0 radical (unpaired) electrons. The normalized spacial score (nSPS) is 17.3. The molecule has 0 amide bonds. The van der Waals surface area contributed by atoms with Crippen molar-refractivity contribution in [1.82, 2.24) is 5.01 Å². The van der Waals surface area contributed by atoms with E-state index in [9.17, 15) is 8.42 Å². The molecule has 0 unspecified atom stereocenters. The van der Waals surface area contributed by atoms with Crippen molar-refractivity contribution in [2.75, 3.05) is 37.5 Å². The molecule has 0 aliphatic carbocycles. The lowest BCUT2D eigenvalue weighted by Gasteiger charge is -2.27. The molecule has 1 aromatic carbocycles. The molecule has 1 saturated heterocycles. The average molecular weight is 284 g/mol. The van der Waals surface area contributed by atoms with Gasteiger partial charge in [-0.15, -0.1) is 0 Å². The lowest BCUT2D eigenvalue weighted by Crippen LogP contribution is -2.40. The highest BCUT2D eigenvalue weighted by atomic mass is 32.2. The van der Waals surface area contributed by atoms with Crippen LogP contribution in [0.15, 0.2) is 29.2 Å². The number of rotatable bonds is 5. The third kappa shape index (κ3) is 3.92. The second kappa shape index (κ2) is 6.36. The van der Waals surface area contributed by atoms with Gasteiger partial charge in [0.15, 0.2) is 9.84 Å².